The van der Waals surface area contributed by atoms with Crippen molar-refractivity contribution in [3.05, 3.63) is 30.0 Å². The van der Waals surface area contributed by atoms with Gasteiger partial charge in [-0.15, -0.1) is 11.3 Å². The van der Waals surface area contributed by atoms with Gasteiger partial charge < -0.3 is 25.2 Å². The lowest BCUT2D eigenvalue weighted by molar-refractivity contribution is -0.157. The molecule has 1 aliphatic heterocycles. The van der Waals surface area contributed by atoms with E-state index < -0.39 is 17.5 Å². The molecular weight excluding hydrogens is 474 g/mol. The van der Waals surface area contributed by atoms with Gasteiger partial charge in [-0.05, 0) is 45.7 Å². The number of benzene rings is 1. The van der Waals surface area contributed by atoms with Crippen LogP contribution in [-0.2, 0) is 9.47 Å². The first-order chi connectivity index (χ1) is 17.3. The fourth-order valence-corrected chi connectivity index (χ4v) is 7.08. The number of fused-ring (bicyclic) bond motifs is 1. The molecular formula is C27H35N5O3S. The molecule has 5 atom stereocenters. The molecule has 36 heavy (non-hydrogen) atoms. The summed E-state index contributed by atoms with van der Waals surface area (Å²) in [7, 11) is 0. The van der Waals surface area contributed by atoms with Gasteiger partial charge in [0.05, 0.1) is 33.6 Å². The third kappa shape index (κ3) is 3.97. The average molecular weight is 510 g/mol. The molecule has 8 nitrogen and oxygen atoms in total. The van der Waals surface area contributed by atoms with E-state index >= 15 is 0 Å². The number of nitrogens with one attached hydrogen (secondary N) is 2. The Bertz CT molecular complexity index is 1250. The third-order valence-electron chi connectivity index (χ3n) is 7.70. The van der Waals surface area contributed by atoms with Crippen LogP contribution in [0.2, 0.25) is 0 Å². The predicted octanol–water partition coefficient (Wildman–Crippen LogP) is 5.12. The summed E-state index contributed by atoms with van der Waals surface area (Å²) in [5.41, 5.74) is 2.16. The molecule has 2 aliphatic carbocycles. The van der Waals surface area contributed by atoms with Crippen molar-refractivity contribution in [3.63, 3.8) is 0 Å². The lowest BCUT2D eigenvalue weighted by atomic mass is 10.1. The zero-order valence-electron chi connectivity index (χ0n) is 21.4. The number of anilines is 2. The van der Waals surface area contributed by atoms with E-state index in [0.717, 1.165) is 51.7 Å². The van der Waals surface area contributed by atoms with Crippen LogP contribution >= 0.6 is 11.3 Å². The van der Waals surface area contributed by atoms with Gasteiger partial charge in [0.25, 0.3) is 0 Å². The third-order valence-corrected chi connectivity index (χ3v) is 8.75. The monoisotopic (exact) mass is 509 g/mol. The number of rotatable bonds is 9. The topological polar surface area (TPSA) is 101 Å². The number of unbranched alkanes of at least 4 members (excludes halogenated alkanes) is 3. The second-order valence-electron chi connectivity index (χ2n) is 10.8. The van der Waals surface area contributed by atoms with E-state index in [-0.39, 0.29) is 18.1 Å². The summed E-state index contributed by atoms with van der Waals surface area (Å²) in [5.74, 6) is 0.732. The van der Waals surface area contributed by atoms with Gasteiger partial charge in [0.15, 0.2) is 5.79 Å². The summed E-state index contributed by atoms with van der Waals surface area (Å²) >= 11 is 1.65. The fraction of sp³-hybridized carbons (Fsp3) is 0.593. The van der Waals surface area contributed by atoms with Crippen molar-refractivity contribution in [1.29, 1.82) is 0 Å². The molecule has 6 rings (SSSR count). The molecule has 2 aromatic heterocycles. The molecule has 3 heterocycles. The van der Waals surface area contributed by atoms with E-state index in [1.54, 1.807) is 11.3 Å². The van der Waals surface area contributed by atoms with Crippen molar-refractivity contribution in [2.75, 3.05) is 17.2 Å². The van der Waals surface area contributed by atoms with Crippen molar-refractivity contribution < 1.29 is 14.6 Å². The number of hydrogen-bond donors (Lipinski definition) is 3. The molecule has 2 saturated carbocycles. The minimum Gasteiger partial charge on any atom is -0.390 e. The molecule has 3 aromatic rings. The molecule has 192 valence electrons. The normalized spacial score (nSPS) is 29.8. The van der Waals surface area contributed by atoms with Crippen LogP contribution in [-0.4, -0.2) is 56.2 Å². The summed E-state index contributed by atoms with van der Waals surface area (Å²) < 4.78 is 13.7. The molecule has 1 saturated heterocycles. The maximum Gasteiger partial charge on any atom is 0.224 e. The van der Waals surface area contributed by atoms with Crippen LogP contribution in [0.1, 0.15) is 58.6 Å². The highest BCUT2D eigenvalue weighted by molar-refractivity contribution is 7.21. The van der Waals surface area contributed by atoms with Crippen LogP contribution in [0.4, 0.5) is 11.8 Å². The summed E-state index contributed by atoms with van der Waals surface area (Å²) in [4.78, 5) is 14.7. The van der Waals surface area contributed by atoms with E-state index in [4.69, 9.17) is 24.4 Å². The number of para-hydroxylation sites is 1. The molecule has 9 heteroatoms. The molecule has 0 bridgehead atoms. The Balaban J connectivity index is 1.32. The minimum atomic E-state index is -0.719. The number of aliphatic hydroxyl groups is 1. The zero-order valence-corrected chi connectivity index (χ0v) is 22.2. The summed E-state index contributed by atoms with van der Waals surface area (Å²) in [6.45, 7) is 8.91. The number of aryl methyl sites for hydroxylation is 1. The predicted molar refractivity (Wildman–Crippen MR) is 142 cm³/mol. The maximum atomic E-state index is 10.6. The number of ether oxygens (including phenoxy) is 2. The van der Waals surface area contributed by atoms with E-state index in [1.807, 2.05) is 39.0 Å². The maximum absolute atomic E-state index is 10.6. The van der Waals surface area contributed by atoms with Crippen LogP contribution in [0.15, 0.2) is 24.3 Å². The van der Waals surface area contributed by atoms with E-state index in [0.29, 0.717) is 5.95 Å². The van der Waals surface area contributed by atoms with Gasteiger partial charge in [-0.2, -0.15) is 4.98 Å². The Hall–Kier alpha value is -2.33. The Morgan fingerprint density at radius 3 is 2.78 bits per heavy atom. The standard InChI is InChI=1S/C27H35N5O3S/c1-5-6-7-10-13-28-25-29-15(2)20(24-31-17-11-8-9-12-19(17)36-24)23(32-25)30-18-14-16-21(33)27(16)22(18)34-26(3,4)35-27/h8-9,11-12,16,18,21-22,33H,5-7,10,13-14H2,1-4H3,(H2,28,29,30,32). The number of thiazole rings is 1. The second kappa shape index (κ2) is 8.90. The number of aromatic nitrogens is 3. The van der Waals surface area contributed by atoms with Crippen LogP contribution in [0.25, 0.3) is 20.8 Å². The van der Waals surface area contributed by atoms with Crippen molar-refractivity contribution in [2.45, 2.75) is 89.4 Å². The second-order valence-corrected chi connectivity index (χ2v) is 11.8. The average Bonchev–Trinajstić information content (AvgIpc) is 3.19. The van der Waals surface area contributed by atoms with Gasteiger partial charge in [0, 0.05) is 12.5 Å². The largest absolute Gasteiger partial charge is 0.390 e. The smallest absolute Gasteiger partial charge is 0.224 e. The van der Waals surface area contributed by atoms with Crippen LogP contribution < -0.4 is 10.6 Å². The molecule has 0 amide bonds. The Kier molecular flexibility index (Phi) is 5.94. The highest BCUT2D eigenvalue weighted by Crippen LogP contribution is 2.65. The molecule has 5 unspecified atom stereocenters. The molecule has 1 spiro atoms. The van der Waals surface area contributed by atoms with E-state index in [1.165, 1.54) is 19.3 Å². The number of hydrogen-bond acceptors (Lipinski definition) is 9. The van der Waals surface area contributed by atoms with Crippen molar-refractivity contribution in [1.82, 2.24) is 15.0 Å². The zero-order chi connectivity index (χ0) is 25.1. The first-order valence-electron chi connectivity index (χ1n) is 13.1. The molecule has 3 fully saturated rings. The van der Waals surface area contributed by atoms with Gasteiger partial charge in [-0.3, -0.25) is 0 Å². The van der Waals surface area contributed by atoms with Gasteiger partial charge in [-0.25, -0.2) is 9.97 Å². The van der Waals surface area contributed by atoms with E-state index in [9.17, 15) is 5.11 Å². The fourth-order valence-electron chi connectivity index (χ4n) is 6.02. The van der Waals surface area contributed by atoms with Crippen molar-refractivity contribution in [2.24, 2.45) is 5.92 Å². The molecule has 3 N–H and O–H groups in total. The van der Waals surface area contributed by atoms with Crippen LogP contribution in [0, 0.1) is 12.8 Å². The molecule has 1 aromatic carbocycles. The van der Waals surface area contributed by atoms with Crippen LogP contribution in [0.3, 0.4) is 0 Å². The first kappa shape index (κ1) is 24.0. The molecule has 0 radical (unpaired) electrons. The highest BCUT2D eigenvalue weighted by atomic mass is 32.1. The van der Waals surface area contributed by atoms with Crippen molar-refractivity contribution >= 4 is 33.3 Å². The van der Waals surface area contributed by atoms with Gasteiger partial charge in [0.2, 0.25) is 5.95 Å². The highest BCUT2D eigenvalue weighted by Gasteiger charge is 2.81. The van der Waals surface area contributed by atoms with Crippen molar-refractivity contribution in [3.8, 4) is 10.6 Å². The van der Waals surface area contributed by atoms with Crippen LogP contribution in [0.5, 0.6) is 0 Å². The molecule has 3 aliphatic rings. The Morgan fingerprint density at radius 1 is 1.14 bits per heavy atom. The summed E-state index contributed by atoms with van der Waals surface area (Å²) in [6.07, 6.45) is 4.79. The lowest BCUT2D eigenvalue weighted by Gasteiger charge is -2.26. The Labute approximate surface area is 215 Å². The van der Waals surface area contributed by atoms with E-state index in [2.05, 4.69) is 23.6 Å². The number of aliphatic hydroxyl groups excluding tert-OH is 1. The van der Waals surface area contributed by atoms with Gasteiger partial charge >= 0.3 is 0 Å². The lowest BCUT2D eigenvalue weighted by Crippen LogP contribution is -2.40. The quantitative estimate of drug-likeness (QED) is 0.342. The summed E-state index contributed by atoms with van der Waals surface area (Å²) in [5, 5.41) is 18.6. The first-order valence-corrected chi connectivity index (χ1v) is 13.9. The summed E-state index contributed by atoms with van der Waals surface area (Å²) in [6, 6.07) is 8.14. The van der Waals surface area contributed by atoms with Gasteiger partial charge in [-0.1, -0.05) is 38.3 Å². The number of nitrogens with zero attached hydrogens (tertiary/aromatic N) is 3. The SMILES string of the molecule is CCCCCCNc1nc(C)c(-c2nc3ccccc3s2)c(NC2CC3C(O)C34OC(C)(C)OC24)n1. The van der Waals surface area contributed by atoms with Gasteiger partial charge in [0.1, 0.15) is 22.5 Å². The minimum absolute atomic E-state index is 0.0278. The Morgan fingerprint density at radius 2 is 1.97 bits per heavy atom.